The van der Waals surface area contributed by atoms with Crippen molar-refractivity contribution in [3.05, 3.63) is 60.7 Å². The molecule has 2 rings (SSSR count). The van der Waals surface area contributed by atoms with Gasteiger partial charge in [-0.3, -0.25) is 0 Å². The fourth-order valence-electron chi connectivity index (χ4n) is 1.85. The van der Waals surface area contributed by atoms with Gasteiger partial charge in [0.1, 0.15) is 0 Å². The van der Waals surface area contributed by atoms with Crippen molar-refractivity contribution < 1.29 is 19.1 Å². The fraction of sp³-hybridized carbons (Fsp3) is 0.222. The molecule has 1 amide bonds. The normalized spacial score (nSPS) is 10.9. The minimum absolute atomic E-state index is 0.603. The first-order valence-corrected chi connectivity index (χ1v) is 7.17. The average Bonchev–Trinajstić information content (AvgIpc) is 2.57. The maximum atomic E-state index is 12.5. The zero-order valence-electron chi connectivity index (χ0n) is 13.4. The lowest BCUT2D eigenvalue weighted by atomic mass is 10.1. The van der Waals surface area contributed by atoms with Crippen molar-refractivity contribution in [2.45, 2.75) is 19.4 Å². The van der Waals surface area contributed by atoms with E-state index in [0.717, 1.165) is 0 Å². The van der Waals surface area contributed by atoms with Crippen molar-refractivity contribution >= 4 is 23.4 Å². The van der Waals surface area contributed by atoms with Crippen molar-refractivity contribution in [3.63, 3.8) is 0 Å². The zero-order chi connectivity index (χ0) is 16.9. The van der Waals surface area contributed by atoms with E-state index in [1.165, 1.54) is 25.9 Å². The van der Waals surface area contributed by atoms with Crippen LogP contribution in [0.2, 0.25) is 0 Å². The Morgan fingerprint density at radius 1 is 0.870 bits per heavy atom. The van der Waals surface area contributed by atoms with E-state index < -0.39 is 17.7 Å². The number of hydrogen-bond donors (Lipinski definition) is 0. The number of nitrogens with zero attached hydrogens (tertiary/aromatic N) is 1. The van der Waals surface area contributed by atoms with E-state index in [2.05, 4.69) is 0 Å². The molecule has 0 saturated carbocycles. The van der Waals surface area contributed by atoms with Crippen LogP contribution in [-0.4, -0.2) is 24.8 Å². The monoisotopic (exact) mass is 313 g/mol. The van der Waals surface area contributed by atoms with Gasteiger partial charge in [0.15, 0.2) is 5.60 Å². The molecule has 0 heterocycles. The molecule has 0 aromatic heterocycles. The Balaban J connectivity index is 2.32. The summed E-state index contributed by atoms with van der Waals surface area (Å²) in [6.45, 7) is 3.08. The molecule has 2 aromatic rings. The number of carbonyl (C=O) groups excluding carboxylic acids is 2. The summed E-state index contributed by atoms with van der Waals surface area (Å²) in [5.74, 6) is -0.748. The molecule has 0 bridgehead atoms. The van der Waals surface area contributed by atoms with Gasteiger partial charge in [-0.1, -0.05) is 36.4 Å². The minimum Gasteiger partial charge on any atom is -0.373 e. The van der Waals surface area contributed by atoms with Crippen LogP contribution in [0.5, 0.6) is 0 Å². The lowest BCUT2D eigenvalue weighted by Gasteiger charge is -2.25. The number of hydrogen-bond acceptors (Lipinski definition) is 4. The molecular weight excluding hydrogens is 294 g/mol. The highest BCUT2D eigenvalue weighted by molar-refractivity contribution is 6.02. The van der Waals surface area contributed by atoms with Gasteiger partial charge in [-0.25, -0.2) is 14.5 Å². The molecule has 0 aliphatic heterocycles. The molecule has 23 heavy (non-hydrogen) atoms. The van der Waals surface area contributed by atoms with Crippen LogP contribution in [0.1, 0.15) is 13.8 Å². The van der Waals surface area contributed by atoms with Gasteiger partial charge in [0, 0.05) is 7.11 Å². The quantitative estimate of drug-likeness (QED) is 0.634. The number of carbonyl (C=O) groups is 2. The molecule has 0 aliphatic carbocycles. The van der Waals surface area contributed by atoms with Gasteiger partial charge in [0.25, 0.3) is 0 Å². The van der Waals surface area contributed by atoms with E-state index in [4.69, 9.17) is 9.47 Å². The number of ether oxygens (including phenoxy) is 2. The topological polar surface area (TPSA) is 55.8 Å². The number of methoxy groups -OCH3 is 1. The smallest absolute Gasteiger partial charge is 0.373 e. The second-order valence-corrected chi connectivity index (χ2v) is 5.38. The number of esters is 1. The second-order valence-electron chi connectivity index (χ2n) is 5.38. The largest absolute Gasteiger partial charge is 0.426 e. The van der Waals surface area contributed by atoms with Crippen LogP contribution in [-0.2, 0) is 14.3 Å². The summed E-state index contributed by atoms with van der Waals surface area (Å²) in [7, 11) is 1.39. The number of rotatable bonds is 4. The van der Waals surface area contributed by atoms with Crippen LogP contribution in [0.4, 0.5) is 16.2 Å². The highest BCUT2D eigenvalue weighted by Crippen LogP contribution is 2.26. The van der Waals surface area contributed by atoms with Crippen molar-refractivity contribution in [1.82, 2.24) is 0 Å². The van der Waals surface area contributed by atoms with Gasteiger partial charge in [-0.2, -0.15) is 0 Å². The predicted octanol–water partition coefficient (Wildman–Crippen LogP) is 3.91. The molecule has 0 spiro atoms. The van der Waals surface area contributed by atoms with Gasteiger partial charge < -0.3 is 9.47 Å². The van der Waals surface area contributed by atoms with Crippen molar-refractivity contribution in [2.24, 2.45) is 0 Å². The maximum absolute atomic E-state index is 12.5. The molecular formula is C18H19NO4. The van der Waals surface area contributed by atoms with Crippen molar-refractivity contribution in [3.8, 4) is 0 Å². The Hall–Kier alpha value is -2.66. The fourth-order valence-corrected chi connectivity index (χ4v) is 1.85. The highest BCUT2D eigenvalue weighted by Gasteiger charge is 2.33. The first-order valence-electron chi connectivity index (χ1n) is 7.17. The third kappa shape index (κ3) is 3.96. The first kappa shape index (κ1) is 16.7. The standard InChI is InChI=1S/C18H19NO4/c1-18(2,22-3)16(20)23-17(21)19(14-10-6-4-7-11-14)15-12-8-5-9-13-15/h4-13H,1-3H3. The number of anilines is 2. The molecule has 0 unspecified atom stereocenters. The Morgan fingerprint density at radius 3 is 1.70 bits per heavy atom. The predicted molar refractivity (Wildman–Crippen MR) is 87.6 cm³/mol. The summed E-state index contributed by atoms with van der Waals surface area (Å²) >= 11 is 0. The van der Waals surface area contributed by atoms with Crippen LogP contribution >= 0.6 is 0 Å². The summed E-state index contributed by atoms with van der Waals surface area (Å²) in [5, 5.41) is 0. The van der Waals surface area contributed by atoms with Crippen LogP contribution in [0.3, 0.4) is 0 Å². The molecule has 2 aromatic carbocycles. The number of amides is 1. The van der Waals surface area contributed by atoms with Gasteiger partial charge in [0.2, 0.25) is 0 Å². The summed E-state index contributed by atoms with van der Waals surface area (Å²) in [4.78, 5) is 26.0. The average molecular weight is 313 g/mol. The summed E-state index contributed by atoms with van der Waals surface area (Å²) in [6.07, 6.45) is -0.780. The van der Waals surface area contributed by atoms with Crippen LogP contribution in [0.15, 0.2) is 60.7 Å². The lowest BCUT2D eigenvalue weighted by Crippen LogP contribution is -2.40. The van der Waals surface area contributed by atoms with Crippen molar-refractivity contribution in [1.29, 1.82) is 0 Å². The third-order valence-electron chi connectivity index (χ3n) is 3.39. The zero-order valence-corrected chi connectivity index (χ0v) is 13.4. The molecule has 0 aliphatic rings. The van der Waals surface area contributed by atoms with Crippen LogP contribution < -0.4 is 4.90 Å². The van der Waals surface area contributed by atoms with E-state index in [0.29, 0.717) is 11.4 Å². The van der Waals surface area contributed by atoms with E-state index >= 15 is 0 Å². The molecule has 120 valence electrons. The Bertz CT molecular complexity index is 628. The van der Waals surface area contributed by atoms with Crippen LogP contribution in [0, 0.1) is 0 Å². The second kappa shape index (κ2) is 7.07. The molecule has 0 radical (unpaired) electrons. The molecule has 5 nitrogen and oxygen atoms in total. The Kier molecular flexibility index (Phi) is 5.13. The van der Waals surface area contributed by atoms with Crippen molar-refractivity contribution in [2.75, 3.05) is 12.0 Å². The first-order chi connectivity index (χ1) is 11.0. The number of para-hydroxylation sites is 2. The minimum atomic E-state index is -1.20. The van der Waals surface area contributed by atoms with Gasteiger partial charge in [0.05, 0.1) is 11.4 Å². The Labute approximate surface area is 135 Å². The summed E-state index contributed by atoms with van der Waals surface area (Å²) in [6, 6.07) is 18.0. The molecule has 5 heteroatoms. The molecule has 0 N–H and O–H groups in total. The Morgan fingerprint density at radius 2 is 1.30 bits per heavy atom. The van der Waals surface area contributed by atoms with Gasteiger partial charge in [-0.05, 0) is 38.1 Å². The maximum Gasteiger partial charge on any atom is 0.426 e. The van der Waals surface area contributed by atoms with Crippen LogP contribution in [0.25, 0.3) is 0 Å². The number of benzene rings is 2. The van der Waals surface area contributed by atoms with E-state index in [1.807, 2.05) is 12.1 Å². The molecule has 0 saturated heterocycles. The van der Waals surface area contributed by atoms with E-state index in [-0.39, 0.29) is 0 Å². The third-order valence-corrected chi connectivity index (χ3v) is 3.39. The SMILES string of the molecule is COC(C)(C)C(=O)OC(=O)N(c1ccccc1)c1ccccc1. The van der Waals surface area contributed by atoms with Gasteiger partial charge >= 0.3 is 12.1 Å². The summed E-state index contributed by atoms with van der Waals surface area (Å²) in [5.41, 5.74) is 0.00720. The lowest BCUT2D eigenvalue weighted by molar-refractivity contribution is -0.157. The highest BCUT2D eigenvalue weighted by atomic mass is 16.6. The van der Waals surface area contributed by atoms with E-state index in [1.54, 1.807) is 48.5 Å². The molecule has 0 atom stereocenters. The van der Waals surface area contributed by atoms with Gasteiger partial charge in [-0.15, -0.1) is 0 Å². The molecule has 0 fully saturated rings. The summed E-state index contributed by atoms with van der Waals surface area (Å²) < 4.78 is 10.0. The van der Waals surface area contributed by atoms with E-state index in [9.17, 15) is 9.59 Å².